The van der Waals surface area contributed by atoms with Gasteiger partial charge in [-0.25, -0.2) is 9.48 Å². The second kappa shape index (κ2) is 6.09. The summed E-state index contributed by atoms with van der Waals surface area (Å²) in [5.41, 5.74) is 2.21. The molecular weight excluding hydrogens is 280 g/mol. The average molecular weight is 300 g/mol. The zero-order valence-corrected chi connectivity index (χ0v) is 12.9. The highest BCUT2D eigenvalue weighted by molar-refractivity contribution is 6.01. The van der Waals surface area contributed by atoms with E-state index >= 15 is 0 Å². The molecule has 0 saturated carbocycles. The molecule has 3 rings (SSSR count). The summed E-state index contributed by atoms with van der Waals surface area (Å²) in [5.74, 6) is 1.10. The van der Waals surface area contributed by atoms with Gasteiger partial charge in [0.1, 0.15) is 5.82 Å². The number of carbonyl (C=O) groups is 1. The smallest absolute Gasteiger partial charge is 0.327 e. The van der Waals surface area contributed by atoms with Gasteiger partial charge in [0.2, 0.25) is 5.88 Å². The molecule has 1 aromatic carbocycles. The van der Waals surface area contributed by atoms with Crippen LogP contribution in [0.2, 0.25) is 0 Å². The van der Waals surface area contributed by atoms with Gasteiger partial charge in [-0.15, -0.1) is 5.10 Å². The zero-order chi connectivity index (χ0) is 15.5. The van der Waals surface area contributed by atoms with Crippen LogP contribution in [-0.2, 0) is 13.5 Å². The van der Waals surface area contributed by atoms with Crippen LogP contribution in [-0.4, -0.2) is 29.5 Å². The van der Waals surface area contributed by atoms with Crippen LogP contribution in [0.15, 0.2) is 30.3 Å². The number of ether oxygens (including phenoxy) is 1. The number of anilines is 2. The minimum Gasteiger partial charge on any atom is -0.480 e. The SMILES string of the molecule is COc1cc(NC(=O)N2CCCCc3ccccc32)n(C)n1. The molecule has 0 unspecified atom stereocenters. The van der Waals surface area contributed by atoms with Crippen LogP contribution < -0.4 is 15.0 Å². The predicted molar refractivity (Wildman–Crippen MR) is 85.5 cm³/mol. The number of nitrogens with zero attached hydrogens (tertiary/aromatic N) is 3. The maximum Gasteiger partial charge on any atom is 0.327 e. The van der Waals surface area contributed by atoms with E-state index < -0.39 is 0 Å². The van der Waals surface area contributed by atoms with Crippen molar-refractivity contribution in [3.8, 4) is 5.88 Å². The van der Waals surface area contributed by atoms with Crippen LogP contribution in [0, 0.1) is 0 Å². The van der Waals surface area contributed by atoms with Crippen LogP contribution in [0.4, 0.5) is 16.3 Å². The molecule has 1 aromatic heterocycles. The number of nitrogens with one attached hydrogen (secondary N) is 1. The molecule has 6 heteroatoms. The van der Waals surface area contributed by atoms with Crippen LogP contribution >= 0.6 is 0 Å². The topological polar surface area (TPSA) is 59.4 Å². The molecule has 0 spiro atoms. The first-order chi connectivity index (χ1) is 10.7. The summed E-state index contributed by atoms with van der Waals surface area (Å²) >= 11 is 0. The average Bonchev–Trinajstić information content (AvgIpc) is 2.75. The Balaban J connectivity index is 1.84. The van der Waals surface area contributed by atoms with E-state index in [1.165, 1.54) is 5.56 Å². The Morgan fingerprint density at radius 3 is 2.91 bits per heavy atom. The number of carbonyl (C=O) groups excluding carboxylic acids is 1. The summed E-state index contributed by atoms with van der Waals surface area (Å²) in [5, 5.41) is 7.06. The highest BCUT2D eigenvalue weighted by atomic mass is 16.5. The quantitative estimate of drug-likeness (QED) is 0.927. The minimum atomic E-state index is -0.139. The van der Waals surface area contributed by atoms with Gasteiger partial charge >= 0.3 is 6.03 Å². The Hall–Kier alpha value is -2.50. The van der Waals surface area contributed by atoms with E-state index in [0.717, 1.165) is 31.5 Å². The lowest BCUT2D eigenvalue weighted by molar-refractivity contribution is 0.256. The Morgan fingerprint density at radius 1 is 1.32 bits per heavy atom. The van der Waals surface area contributed by atoms with Gasteiger partial charge in [0.05, 0.1) is 7.11 Å². The number of amides is 2. The van der Waals surface area contributed by atoms with Gasteiger partial charge in [0.15, 0.2) is 0 Å². The molecule has 0 saturated heterocycles. The third-order valence-corrected chi connectivity index (χ3v) is 3.91. The van der Waals surface area contributed by atoms with Crippen LogP contribution in [0.1, 0.15) is 18.4 Å². The van der Waals surface area contributed by atoms with E-state index in [1.54, 1.807) is 24.9 Å². The van der Waals surface area contributed by atoms with Gasteiger partial charge in [0, 0.05) is 25.3 Å². The lowest BCUT2D eigenvalue weighted by atomic mass is 10.1. The Labute approximate surface area is 129 Å². The first-order valence-corrected chi connectivity index (χ1v) is 7.43. The molecule has 22 heavy (non-hydrogen) atoms. The summed E-state index contributed by atoms with van der Waals surface area (Å²) < 4.78 is 6.68. The van der Waals surface area contributed by atoms with Crippen molar-refractivity contribution in [2.24, 2.45) is 7.05 Å². The van der Waals surface area contributed by atoms with Crippen molar-refractivity contribution >= 4 is 17.5 Å². The summed E-state index contributed by atoms with van der Waals surface area (Å²) in [6.07, 6.45) is 3.11. The molecule has 0 atom stereocenters. The Morgan fingerprint density at radius 2 is 2.14 bits per heavy atom. The maximum atomic E-state index is 12.7. The van der Waals surface area contributed by atoms with Crippen molar-refractivity contribution in [1.82, 2.24) is 9.78 Å². The molecule has 2 aromatic rings. The number of benzene rings is 1. The van der Waals surface area contributed by atoms with Crippen molar-refractivity contribution in [3.63, 3.8) is 0 Å². The van der Waals surface area contributed by atoms with Gasteiger partial charge in [0.25, 0.3) is 0 Å². The van der Waals surface area contributed by atoms with Gasteiger partial charge in [-0.1, -0.05) is 18.2 Å². The van der Waals surface area contributed by atoms with Crippen molar-refractivity contribution in [2.45, 2.75) is 19.3 Å². The van der Waals surface area contributed by atoms with Gasteiger partial charge < -0.3 is 4.74 Å². The maximum absolute atomic E-state index is 12.7. The van der Waals surface area contributed by atoms with E-state index in [1.807, 2.05) is 23.1 Å². The number of aryl methyl sites for hydroxylation is 2. The molecule has 2 heterocycles. The van der Waals surface area contributed by atoms with Crippen molar-refractivity contribution in [3.05, 3.63) is 35.9 Å². The minimum absolute atomic E-state index is 0.139. The molecule has 6 nitrogen and oxygen atoms in total. The predicted octanol–water partition coefficient (Wildman–Crippen LogP) is 2.80. The highest BCUT2D eigenvalue weighted by Gasteiger charge is 2.21. The Bertz CT molecular complexity index is 681. The molecule has 1 N–H and O–H groups in total. The van der Waals surface area contributed by atoms with Crippen LogP contribution in [0.3, 0.4) is 0 Å². The van der Waals surface area contributed by atoms with E-state index in [9.17, 15) is 4.79 Å². The number of aromatic nitrogens is 2. The van der Waals surface area contributed by atoms with Gasteiger partial charge in [-0.3, -0.25) is 10.2 Å². The number of hydrogen-bond acceptors (Lipinski definition) is 3. The molecule has 1 aliphatic rings. The molecule has 1 aliphatic heterocycles. The second-order valence-electron chi connectivity index (χ2n) is 5.36. The molecule has 0 aliphatic carbocycles. The fourth-order valence-electron chi connectivity index (χ4n) is 2.74. The fourth-order valence-corrected chi connectivity index (χ4v) is 2.74. The number of hydrogen-bond donors (Lipinski definition) is 1. The summed E-state index contributed by atoms with van der Waals surface area (Å²) in [7, 11) is 3.33. The number of urea groups is 1. The lowest BCUT2D eigenvalue weighted by Gasteiger charge is -2.23. The first-order valence-electron chi connectivity index (χ1n) is 7.43. The van der Waals surface area contributed by atoms with E-state index in [2.05, 4.69) is 16.5 Å². The second-order valence-corrected chi connectivity index (χ2v) is 5.36. The number of para-hydroxylation sites is 1. The molecule has 116 valence electrons. The fraction of sp³-hybridized carbons (Fsp3) is 0.375. The zero-order valence-electron chi connectivity index (χ0n) is 12.9. The largest absolute Gasteiger partial charge is 0.480 e. The first kappa shape index (κ1) is 14.4. The van der Waals surface area contributed by atoms with Gasteiger partial charge in [-0.2, -0.15) is 0 Å². The molecule has 0 bridgehead atoms. The van der Waals surface area contributed by atoms with E-state index in [-0.39, 0.29) is 6.03 Å². The monoisotopic (exact) mass is 300 g/mol. The van der Waals surface area contributed by atoms with E-state index in [4.69, 9.17) is 4.74 Å². The standard InChI is InChI=1S/C16H20N4O2/c1-19-14(11-15(18-19)22-2)17-16(21)20-10-6-5-8-12-7-3-4-9-13(12)20/h3-4,7,9,11H,5-6,8,10H2,1-2H3,(H,17,21). The molecular formula is C16H20N4O2. The lowest BCUT2D eigenvalue weighted by Crippen LogP contribution is -2.36. The Kier molecular flexibility index (Phi) is 4.00. The van der Waals surface area contributed by atoms with Crippen molar-refractivity contribution in [2.75, 3.05) is 23.9 Å². The summed E-state index contributed by atoms with van der Waals surface area (Å²) in [4.78, 5) is 14.5. The van der Waals surface area contributed by atoms with Crippen LogP contribution in [0.25, 0.3) is 0 Å². The number of fused-ring (bicyclic) bond motifs is 1. The van der Waals surface area contributed by atoms with E-state index in [0.29, 0.717) is 11.7 Å². The highest BCUT2D eigenvalue weighted by Crippen LogP contribution is 2.27. The van der Waals surface area contributed by atoms with Crippen LogP contribution in [0.5, 0.6) is 5.88 Å². The third-order valence-electron chi connectivity index (χ3n) is 3.91. The van der Waals surface area contributed by atoms with Crippen molar-refractivity contribution in [1.29, 1.82) is 0 Å². The molecule has 2 amide bonds. The number of methoxy groups -OCH3 is 1. The summed E-state index contributed by atoms with van der Waals surface area (Å²) in [6, 6.07) is 9.66. The normalized spacial score (nSPS) is 14.2. The number of rotatable bonds is 2. The van der Waals surface area contributed by atoms with Crippen molar-refractivity contribution < 1.29 is 9.53 Å². The van der Waals surface area contributed by atoms with Gasteiger partial charge in [-0.05, 0) is 30.9 Å². The molecule has 0 fully saturated rings. The molecule has 0 radical (unpaired) electrons. The third kappa shape index (κ3) is 2.77. The summed E-state index contributed by atoms with van der Waals surface area (Å²) in [6.45, 7) is 0.720.